The van der Waals surface area contributed by atoms with E-state index >= 15 is 0 Å². The molecule has 0 heterocycles. The third kappa shape index (κ3) is 26500. The SMILES string of the molecule is O.O.O.O.O.O.O.O=P([O-])([O-])[O-]. The minimum absolute atomic E-state index is 0. The molecule has 0 aromatic heterocycles. The van der Waals surface area contributed by atoms with Crippen LogP contribution in [0.5, 0.6) is 0 Å². The van der Waals surface area contributed by atoms with Crippen LogP contribution in [-0.2, 0) is 4.57 Å². The normalized spacial score (nSPS) is 4.92. The van der Waals surface area contributed by atoms with Crippen LogP contribution in [0, 0.1) is 0 Å². The van der Waals surface area contributed by atoms with Gasteiger partial charge in [-0.1, -0.05) is 0 Å². The maximum Gasteiger partial charge on any atom is -0.159 e. The molecule has 0 amide bonds. The van der Waals surface area contributed by atoms with Gasteiger partial charge in [-0.05, 0) is 0 Å². The number of hydrogen-bond donors (Lipinski definition) is 0. The average Bonchev–Trinajstić information content (AvgIpc) is 0.722. The first kappa shape index (κ1) is 94.6. The third-order valence-corrected chi connectivity index (χ3v) is 0. The van der Waals surface area contributed by atoms with Crippen LogP contribution in [0.4, 0.5) is 0 Å². The maximum absolute atomic E-state index is 8.55. The molecule has 0 unspecified atom stereocenters. The Labute approximate surface area is 66.7 Å². The molecule has 12 heavy (non-hydrogen) atoms. The number of phosphoric acid groups is 1. The lowest BCUT2D eigenvalue weighted by molar-refractivity contribution is -0.432. The second kappa shape index (κ2) is 30.8. The summed E-state index contributed by atoms with van der Waals surface area (Å²) in [6.45, 7) is 0. The van der Waals surface area contributed by atoms with Crippen LogP contribution in [0.15, 0.2) is 0 Å². The minimum atomic E-state index is -5.39. The molecule has 0 aromatic rings. The molecular formula is H14O11P-3. The van der Waals surface area contributed by atoms with Gasteiger partial charge in [0, 0.05) is 0 Å². The first-order chi connectivity index (χ1) is 2.00. The van der Waals surface area contributed by atoms with Crippen molar-refractivity contribution >= 4 is 7.82 Å². The van der Waals surface area contributed by atoms with E-state index in [9.17, 15) is 0 Å². The summed E-state index contributed by atoms with van der Waals surface area (Å²) < 4.78 is 8.55. The molecule has 0 rings (SSSR count). The van der Waals surface area contributed by atoms with E-state index in [4.69, 9.17) is 19.2 Å². The van der Waals surface area contributed by atoms with Gasteiger partial charge >= 0.3 is 0 Å². The predicted octanol–water partition coefficient (Wildman–Crippen LogP) is -8.60. The highest BCUT2D eigenvalue weighted by atomic mass is 31.2. The Bertz CT molecular complexity index is 51.1. The summed E-state index contributed by atoms with van der Waals surface area (Å²) in [5.41, 5.74) is 0. The van der Waals surface area contributed by atoms with Crippen LogP contribution in [0.3, 0.4) is 0 Å². The molecule has 0 aromatic carbocycles. The van der Waals surface area contributed by atoms with Gasteiger partial charge in [0.2, 0.25) is 0 Å². The quantitative estimate of drug-likeness (QED) is 0.359. The van der Waals surface area contributed by atoms with Crippen LogP contribution in [0.2, 0.25) is 0 Å². The molecule has 0 aliphatic heterocycles. The molecule has 0 saturated carbocycles. The molecule has 0 atom stereocenters. The lowest BCUT2D eigenvalue weighted by Gasteiger charge is -2.36. The first-order valence-electron chi connectivity index (χ1n) is 0.730. The third-order valence-electron chi connectivity index (χ3n) is 0. The summed E-state index contributed by atoms with van der Waals surface area (Å²) >= 11 is 0. The topological polar surface area (TPSA) is 307 Å². The fourth-order valence-electron chi connectivity index (χ4n) is 0. The Hall–Kier alpha value is -0.170. The Balaban J connectivity index is -0.00000000381. The lowest BCUT2D eigenvalue weighted by Crippen LogP contribution is -2.24. The van der Waals surface area contributed by atoms with Gasteiger partial charge < -0.3 is 57.6 Å². The average molecular weight is 221 g/mol. The highest BCUT2D eigenvalue weighted by molar-refractivity contribution is 7.40. The predicted molar refractivity (Wildman–Crippen MR) is 32.9 cm³/mol. The second-order valence-corrected chi connectivity index (χ2v) is 1.34. The van der Waals surface area contributed by atoms with Crippen LogP contribution in [0.25, 0.3) is 0 Å². The van der Waals surface area contributed by atoms with Crippen molar-refractivity contribution in [2.24, 2.45) is 0 Å². The van der Waals surface area contributed by atoms with Gasteiger partial charge in [0.1, 0.15) is 0 Å². The maximum atomic E-state index is 8.55. The molecule has 0 aliphatic rings. The van der Waals surface area contributed by atoms with Gasteiger partial charge in [0.15, 0.2) is 0 Å². The van der Waals surface area contributed by atoms with Gasteiger partial charge in [-0.2, -0.15) is 7.82 Å². The number of rotatable bonds is 0. The molecule has 88 valence electrons. The van der Waals surface area contributed by atoms with Gasteiger partial charge in [0.25, 0.3) is 0 Å². The highest BCUT2D eigenvalue weighted by Gasteiger charge is 1.44. The van der Waals surface area contributed by atoms with Crippen molar-refractivity contribution in [1.29, 1.82) is 0 Å². The van der Waals surface area contributed by atoms with Crippen LogP contribution < -0.4 is 14.7 Å². The smallest absolute Gasteiger partial charge is 0.159 e. The van der Waals surface area contributed by atoms with Crippen LogP contribution in [-0.4, -0.2) is 38.3 Å². The largest absolute Gasteiger partial charge is 0.822 e. The van der Waals surface area contributed by atoms with Gasteiger partial charge in [0.05, 0.1) is 0 Å². The molecule has 12 heteroatoms. The molecule has 0 bridgehead atoms. The molecule has 0 spiro atoms. The zero-order chi connectivity index (χ0) is 4.50. The minimum Gasteiger partial charge on any atom is -0.822 e. The molecule has 0 aliphatic carbocycles. The van der Waals surface area contributed by atoms with E-state index in [1.807, 2.05) is 0 Å². The Kier molecular flexibility index (Phi) is 243. The molecule has 11 nitrogen and oxygen atoms in total. The van der Waals surface area contributed by atoms with E-state index in [-0.39, 0.29) is 38.3 Å². The standard InChI is InChI=1S/H3O4P.7H2O/c1-5(2,3)4;;;;;;;/h(H3,1,2,3,4);7*1H2/p-3. The Morgan fingerprint density at radius 1 is 0.583 bits per heavy atom. The fourth-order valence-corrected chi connectivity index (χ4v) is 0. The zero-order valence-electron chi connectivity index (χ0n) is 5.58. The monoisotopic (exact) mass is 221 g/mol. The number of hydrogen-bond acceptors (Lipinski definition) is 4. The lowest BCUT2D eigenvalue weighted by atomic mass is 15.8. The molecule has 0 fully saturated rings. The van der Waals surface area contributed by atoms with Crippen LogP contribution in [0.1, 0.15) is 0 Å². The zero-order valence-corrected chi connectivity index (χ0v) is 6.47. The van der Waals surface area contributed by atoms with Gasteiger partial charge in [-0.15, -0.1) is 0 Å². The second-order valence-electron chi connectivity index (χ2n) is 0.447. The van der Waals surface area contributed by atoms with Gasteiger partial charge in [-0.3, -0.25) is 0 Å². The van der Waals surface area contributed by atoms with Crippen molar-refractivity contribution in [2.45, 2.75) is 0 Å². The van der Waals surface area contributed by atoms with Crippen molar-refractivity contribution in [1.82, 2.24) is 0 Å². The summed E-state index contributed by atoms with van der Waals surface area (Å²) in [6, 6.07) is 0. The molecule has 0 saturated heterocycles. The van der Waals surface area contributed by atoms with Crippen molar-refractivity contribution in [3.05, 3.63) is 0 Å². The van der Waals surface area contributed by atoms with E-state index in [1.54, 1.807) is 0 Å². The highest BCUT2D eigenvalue weighted by Crippen LogP contribution is 2.03. The van der Waals surface area contributed by atoms with E-state index in [0.29, 0.717) is 0 Å². The first-order valence-corrected chi connectivity index (χ1v) is 2.19. The molecule has 14 N–H and O–H groups in total. The molecule has 0 radical (unpaired) electrons. The Morgan fingerprint density at radius 2 is 0.583 bits per heavy atom. The van der Waals surface area contributed by atoms with E-state index in [1.165, 1.54) is 0 Å². The van der Waals surface area contributed by atoms with Crippen molar-refractivity contribution in [3.63, 3.8) is 0 Å². The summed E-state index contributed by atoms with van der Waals surface area (Å²) in [4.78, 5) is 25.6. The van der Waals surface area contributed by atoms with Crippen molar-refractivity contribution in [2.75, 3.05) is 0 Å². The van der Waals surface area contributed by atoms with E-state index in [0.717, 1.165) is 0 Å². The van der Waals surface area contributed by atoms with Crippen molar-refractivity contribution in [3.8, 4) is 0 Å². The van der Waals surface area contributed by atoms with E-state index in [2.05, 4.69) is 0 Å². The Morgan fingerprint density at radius 3 is 0.583 bits per heavy atom. The summed E-state index contributed by atoms with van der Waals surface area (Å²) in [6.07, 6.45) is 0. The van der Waals surface area contributed by atoms with Gasteiger partial charge in [-0.25, -0.2) is 0 Å². The fraction of sp³-hybridized carbons (Fsp3) is 0. The molecular weight excluding hydrogens is 207 g/mol. The summed E-state index contributed by atoms with van der Waals surface area (Å²) in [7, 11) is -5.39. The summed E-state index contributed by atoms with van der Waals surface area (Å²) in [5.74, 6) is 0. The van der Waals surface area contributed by atoms with Crippen LogP contribution >= 0.6 is 7.82 Å². The van der Waals surface area contributed by atoms with E-state index < -0.39 is 7.82 Å². The van der Waals surface area contributed by atoms with Crippen molar-refractivity contribution < 1.29 is 57.6 Å². The summed E-state index contributed by atoms with van der Waals surface area (Å²) in [5, 5.41) is 0.